The number of esters is 1. The van der Waals surface area contributed by atoms with E-state index in [1.807, 2.05) is 73.7 Å². The van der Waals surface area contributed by atoms with Crippen LogP contribution in [0.5, 0.6) is 5.75 Å². The molecule has 4 aromatic rings. The normalized spacial score (nSPS) is 15.3. The number of hydrogen-bond donors (Lipinski definition) is 3. The fourth-order valence-corrected chi connectivity index (χ4v) is 4.37. The van der Waals surface area contributed by atoms with Crippen molar-refractivity contribution in [3.8, 4) is 5.75 Å². The molecular formula is C30H29N5O4. The van der Waals surface area contributed by atoms with Gasteiger partial charge in [-0.25, -0.2) is 9.59 Å². The number of carbonyl (C=O) groups is 2. The van der Waals surface area contributed by atoms with Crippen LogP contribution in [0, 0.1) is 0 Å². The molecular weight excluding hydrogens is 494 g/mol. The van der Waals surface area contributed by atoms with Crippen LogP contribution < -0.4 is 15.4 Å². The van der Waals surface area contributed by atoms with E-state index in [1.54, 1.807) is 19.3 Å². The van der Waals surface area contributed by atoms with Crippen LogP contribution in [0.15, 0.2) is 78.3 Å². The summed E-state index contributed by atoms with van der Waals surface area (Å²) in [6.45, 7) is 4.41. The Morgan fingerprint density at radius 2 is 1.95 bits per heavy atom. The molecule has 2 aromatic carbocycles. The van der Waals surface area contributed by atoms with Crippen molar-refractivity contribution in [2.24, 2.45) is 0 Å². The Kier molecular flexibility index (Phi) is 7.68. The van der Waals surface area contributed by atoms with Crippen molar-refractivity contribution >= 4 is 35.1 Å². The maximum absolute atomic E-state index is 13.3. The minimum atomic E-state index is -0.646. The van der Waals surface area contributed by atoms with Gasteiger partial charge in [-0.05, 0) is 66.4 Å². The molecule has 3 heterocycles. The molecule has 198 valence electrons. The number of benzene rings is 2. The van der Waals surface area contributed by atoms with Crippen molar-refractivity contribution in [2.45, 2.75) is 32.9 Å². The molecule has 9 heteroatoms. The van der Waals surface area contributed by atoms with Crippen molar-refractivity contribution < 1.29 is 19.1 Å². The van der Waals surface area contributed by atoms with Gasteiger partial charge in [-0.3, -0.25) is 10.1 Å². The van der Waals surface area contributed by atoms with Gasteiger partial charge in [0.15, 0.2) is 0 Å². The topological polar surface area (TPSA) is 118 Å². The second kappa shape index (κ2) is 11.6. The number of H-pyrrole nitrogens is 1. The molecule has 0 fully saturated rings. The van der Waals surface area contributed by atoms with E-state index in [0.717, 1.165) is 45.5 Å². The summed E-state index contributed by atoms with van der Waals surface area (Å²) in [6, 6.07) is 15.9. The molecule has 39 heavy (non-hydrogen) atoms. The Balaban J connectivity index is 1.32. The number of amides is 2. The maximum atomic E-state index is 13.3. The molecule has 1 aliphatic heterocycles. The smallest absolute Gasteiger partial charge is 0.338 e. The number of hydrogen-bond acceptors (Lipinski definition) is 6. The first kappa shape index (κ1) is 25.7. The van der Waals surface area contributed by atoms with Gasteiger partial charge in [0.2, 0.25) is 0 Å². The van der Waals surface area contributed by atoms with Crippen LogP contribution in [-0.2, 0) is 16.1 Å². The average Bonchev–Trinajstić information content (AvgIpc) is 3.36. The van der Waals surface area contributed by atoms with Gasteiger partial charge >= 0.3 is 12.0 Å². The standard InChI is InChI=1S/C30H29N5O4/c1-3-15-38-23-10-8-22(9-11-23)28-27(19(2)32-30(37)33-28)29(36)39-18-21-7-13-26-24(16-21)25(34-35-26)12-6-20-5-4-14-31-17-20/h4-14,16-17,28H,3,15,18H2,1-2H3,(H,34,35)(H2,32,33,37)/b12-6+. The second-order valence-electron chi connectivity index (χ2n) is 9.17. The number of ether oxygens (including phenoxy) is 2. The quantitative estimate of drug-likeness (QED) is 0.257. The number of urea groups is 1. The molecule has 1 atom stereocenters. The van der Waals surface area contributed by atoms with E-state index in [2.05, 4.69) is 25.8 Å². The van der Waals surface area contributed by atoms with Gasteiger partial charge in [-0.15, -0.1) is 0 Å². The molecule has 0 radical (unpaired) electrons. The maximum Gasteiger partial charge on any atom is 0.338 e. The second-order valence-corrected chi connectivity index (χ2v) is 9.17. The predicted molar refractivity (Wildman–Crippen MR) is 148 cm³/mol. The molecule has 5 rings (SSSR count). The average molecular weight is 524 g/mol. The first-order valence-corrected chi connectivity index (χ1v) is 12.7. The number of aromatic amines is 1. The van der Waals surface area contributed by atoms with Gasteiger partial charge in [0.1, 0.15) is 12.4 Å². The molecule has 0 bridgehead atoms. The zero-order chi connectivity index (χ0) is 27.2. The third-order valence-electron chi connectivity index (χ3n) is 6.32. The Hall–Kier alpha value is -4.92. The summed E-state index contributed by atoms with van der Waals surface area (Å²) >= 11 is 0. The number of carbonyl (C=O) groups excluding carboxylic acids is 2. The van der Waals surface area contributed by atoms with Crippen LogP contribution in [0.25, 0.3) is 23.1 Å². The van der Waals surface area contributed by atoms with Crippen LogP contribution in [0.1, 0.15) is 48.7 Å². The number of nitrogens with one attached hydrogen (secondary N) is 3. The lowest BCUT2D eigenvalue weighted by Crippen LogP contribution is -2.45. The van der Waals surface area contributed by atoms with Gasteiger partial charge in [0, 0.05) is 23.5 Å². The molecule has 9 nitrogen and oxygen atoms in total. The van der Waals surface area contributed by atoms with Gasteiger partial charge in [0.25, 0.3) is 0 Å². The largest absolute Gasteiger partial charge is 0.494 e. The number of nitrogens with zero attached hydrogens (tertiary/aromatic N) is 2. The predicted octanol–water partition coefficient (Wildman–Crippen LogP) is 5.29. The molecule has 1 aliphatic rings. The Morgan fingerprint density at radius 1 is 1.10 bits per heavy atom. The third-order valence-corrected chi connectivity index (χ3v) is 6.32. The summed E-state index contributed by atoms with van der Waals surface area (Å²) in [5.74, 6) is 0.218. The van der Waals surface area contributed by atoms with Crippen molar-refractivity contribution in [3.05, 3.63) is 101 Å². The number of allylic oxidation sites excluding steroid dienone is 1. The molecule has 0 saturated carbocycles. The van der Waals surface area contributed by atoms with E-state index in [1.165, 1.54) is 0 Å². The summed E-state index contributed by atoms with van der Waals surface area (Å²) in [5.41, 5.74) is 4.98. The van der Waals surface area contributed by atoms with E-state index in [4.69, 9.17) is 9.47 Å². The Morgan fingerprint density at radius 3 is 2.72 bits per heavy atom. The Bertz CT molecular complexity index is 1540. The van der Waals surface area contributed by atoms with Crippen LogP contribution in [0.4, 0.5) is 4.79 Å². The highest BCUT2D eigenvalue weighted by Gasteiger charge is 2.32. The first-order valence-electron chi connectivity index (χ1n) is 12.7. The van der Waals surface area contributed by atoms with Crippen molar-refractivity contribution in [1.82, 2.24) is 25.8 Å². The molecule has 0 saturated heterocycles. The molecule has 1 unspecified atom stereocenters. The fraction of sp³-hybridized carbons (Fsp3) is 0.200. The molecule has 0 spiro atoms. The minimum absolute atomic E-state index is 0.0625. The summed E-state index contributed by atoms with van der Waals surface area (Å²) in [5, 5.41) is 13.8. The fourth-order valence-electron chi connectivity index (χ4n) is 4.37. The highest BCUT2D eigenvalue weighted by Crippen LogP contribution is 2.29. The molecule has 2 amide bonds. The zero-order valence-electron chi connectivity index (χ0n) is 21.7. The van der Waals surface area contributed by atoms with Crippen LogP contribution >= 0.6 is 0 Å². The van der Waals surface area contributed by atoms with Gasteiger partial charge < -0.3 is 20.1 Å². The van der Waals surface area contributed by atoms with Crippen LogP contribution in [0.3, 0.4) is 0 Å². The number of pyridine rings is 1. The number of aromatic nitrogens is 3. The summed E-state index contributed by atoms with van der Waals surface area (Å²) in [6.07, 6.45) is 8.31. The van der Waals surface area contributed by atoms with E-state index in [0.29, 0.717) is 17.9 Å². The van der Waals surface area contributed by atoms with E-state index in [-0.39, 0.29) is 12.6 Å². The highest BCUT2D eigenvalue weighted by molar-refractivity contribution is 5.95. The monoisotopic (exact) mass is 523 g/mol. The first-order chi connectivity index (χ1) is 19.0. The van der Waals surface area contributed by atoms with Crippen LogP contribution in [-0.4, -0.2) is 33.8 Å². The van der Waals surface area contributed by atoms with E-state index in [9.17, 15) is 9.59 Å². The van der Waals surface area contributed by atoms with Gasteiger partial charge in [-0.1, -0.05) is 37.3 Å². The van der Waals surface area contributed by atoms with E-state index < -0.39 is 12.0 Å². The number of fused-ring (bicyclic) bond motifs is 1. The molecule has 2 aromatic heterocycles. The summed E-state index contributed by atoms with van der Waals surface area (Å²) in [7, 11) is 0. The van der Waals surface area contributed by atoms with Crippen LogP contribution in [0.2, 0.25) is 0 Å². The molecule has 0 aliphatic carbocycles. The van der Waals surface area contributed by atoms with E-state index >= 15 is 0 Å². The Labute approximate surface area is 225 Å². The highest BCUT2D eigenvalue weighted by atomic mass is 16.5. The van der Waals surface area contributed by atoms with Crippen molar-refractivity contribution in [1.29, 1.82) is 0 Å². The lowest BCUT2D eigenvalue weighted by molar-refractivity contribution is -0.140. The van der Waals surface area contributed by atoms with Gasteiger partial charge in [-0.2, -0.15) is 5.10 Å². The SMILES string of the molecule is CCCOc1ccc(C2NC(=O)NC(C)=C2C(=O)OCc2ccc3n[nH]c(/C=C/c4cccnc4)c3c2)cc1. The summed E-state index contributed by atoms with van der Waals surface area (Å²) in [4.78, 5) is 29.7. The molecule has 3 N–H and O–H groups in total. The summed E-state index contributed by atoms with van der Waals surface area (Å²) < 4.78 is 11.4. The van der Waals surface area contributed by atoms with Crippen molar-refractivity contribution in [3.63, 3.8) is 0 Å². The van der Waals surface area contributed by atoms with Crippen molar-refractivity contribution in [2.75, 3.05) is 6.61 Å². The lowest BCUT2D eigenvalue weighted by atomic mass is 9.95. The van der Waals surface area contributed by atoms with Gasteiger partial charge in [0.05, 0.1) is 29.4 Å². The number of rotatable bonds is 9. The zero-order valence-corrected chi connectivity index (χ0v) is 21.7. The minimum Gasteiger partial charge on any atom is -0.494 e. The third kappa shape index (κ3) is 5.98. The lowest BCUT2D eigenvalue weighted by Gasteiger charge is -2.28.